The summed E-state index contributed by atoms with van der Waals surface area (Å²) in [5.74, 6) is -2.76. The van der Waals surface area contributed by atoms with Crippen molar-refractivity contribution in [1.82, 2.24) is 19.9 Å². The fourth-order valence-corrected chi connectivity index (χ4v) is 3.49. The van der Waals surface area contributed by atoms with E-state index in [0.717, 1.165) is 17.0 Å². The number of benzene rings is 1. The van der Waals surface area contributed by atoms with Crippen molar-refractivity contribution in [2.24, 2.45) is 0 Å². The number of amides is 1. The van der Waals surface area contributed by atoms with E-state index in [4.69, 9.17) is 0 Å². The van der Waals surface area contributed by atoms with Gasteiger partial charge >= 0.3 is 0 Å². The normalized spacial score (nSPS) is 11.0. The van der Waals surface area contributed by atoms with Crippen LogP contribution in [-0.2, 0) is 6.54 Å². The van der Waals surface area contributed by atoms with E-state index in [0.29, 0.717) is 16.9 Å². The lowest BCUT2D eigenvalue weighted by Gasteiger charge is -2.07. The van der Waals surface area contributed by atoms with Gasteiger partial charge in [0.25, 0.3) is 5.91 Å². The second kappa shape index (κ2) is 7.51. The molecule has 9 heteroatoms. The first-order chi connectivity index (χ1) is 13.9. The van der Waals surface area contributed by atoms with E-state index in [1.807, 2.05) is 17.5 Å². The molecule has 0 radical (unpaired) electrons. The highest BCUT2D eigenvalue weighted by Crippen LogP contribution is 2.25. The summed E-state index contributed by atoms with van der Waals surface area (Å²) in [5, 5.41) is 8.93. The van der Waals surface area contributed by atoms with E-state index in [9.17, 15) is 18.4 Å². The van der Waals surface area contributed by atoms with Crippen LogP contribution in [0, 0.1) is 11.6 Å². The maximum Gasteiger partial charge on any atom is 0.270 e. The Morgan fingerprint density at radius 2 is 1.97 bits per heavy atom. The number of Topliss-reactive ketones (excluding diaryl/α,β-unsaturated/α-hetero) is 1. The third kappa shape index (κ3) is 3.77. The van der Waals surface area contributed by atoms with Gasteiger partial charge in [-0.15, -0.1) is 11.3 Å². The fourth-order valence-electron chi connectivity index (χ4n) is 2.81. The first kappa shape index (κ1) is 18.9. The zero-order valence-corrected chi connectivity index (χ0v) is 16.0. The average molecular weight is 412 g/mol. The molecule has 4 rings (SSSR count). The van der Waals surface area contributed by atoms with Crippen LogP contribution in [-0.4, -0.2) is 26.3 Å². The van der Waals surface area contributed by atoms with Gasteiger partial charge < -0.3 is 5.32 Å². The number of carbonyl (C=O) groups excluding carboxylic acids is 2. The van der Waals surface area contributed by atoms with Crippen molar-refractivity contribution in [2.45, 2.75) is 13.5 Å². The lowest BCUT2D eigenvalue weighted by atomic mass is 10.2. The Hall–Kier alpha value is -3.46. The minimum absolute atomic E-state index is 0.0159. The van der Waals surface area contributed by atoms with E-state index in [1.165, 1.54) is 34.9 Å². The molecule has 1 amide bonds. The molecule has 1 aromatic carbocycles. The molecule has 0 unspecified atom stereocenters. The Kier molecular flexibility index (Phi) is 4.89. The van der Waals surface area contributed by atoms with Gasteiger partial charge in [-0.25, -0.2) is 18.3 Å². The van der Waals surface area contributed by atoms with E-state index in [1.54, 1.807) is 6.07 Å². The number of nitrogens with zero attached hydrogens (tertiary/aromatic N) is 3. The summed E-state index contributed by atoms with van der Waals surface area (Å²) in [6.07, 6.45) is 0. The van der Waals surface area contributed by atoms with Gasteiger partial charge in [0.1, 0.15) is 17.1 Å². The molecule has 29 heavy (non-hydrogen) atoms. The summed E-state index contributed by atoms with van der Waals surface area (Å²) >= 11 is 1.50. The number of fused-ring (bicyclic) bond motifs is 1. The monoisotopic (exact) mass is 412 g/mol. The number of hydrogen-bond acceptors (Lipinski definition) is 5. The Morgan fingerprint density at radius 1 is 1.14 bits per heavy atom. The van der Waals surface area contributed by atoms with Crippen LogP contribution in [0.3, 0.4) is 0 Å². The lowest BCUT2D eigenvalue weighted by Crippen LogP contribution is -2.25. The van der Waals surface area contributed by atoms with Gasteiger partial charge in [-0.1, -0.05) is 12.1 Å². The molecule has 1 N–H and O–H groups in total. The fraction of sp³-hybridized carbons (Fsp3) is 0.100. The van der Waals surface area contributed by atoms with Gasteiger partial charge in [0.05, 0.1) is 4.88 Å². The predicted octanol–water partition coefficient (Wildman–Crippen LogP) is 3.87. The molecular weight excluding hydrogens is 398 g/mol. The number of nitrogens with one attached hydrogen (secondary N) is 1. The van der Waals surface area contributed by atoms with Gasteiger partial charge in [-0.2, -0.15) is 5.10 Å². The van der Waals surface area contributed by atoms with E-state index < -0.39 is 17.5 Å². The zero-order chi connectivity index (χ0) is 20.5. The standard InChI is InChI=1S/C20H14F2N4O2S/c1-11(27)17-8-16(20(28)23-10-12-4-5-13(21)14(22)7-12)24-19-9-15(25-26(17)19)18-3-2-6-29-18/h2-9H,10H2,1H3,(H,23,28). The van der Waals surface area contributed by atoms with E-state index >= 15 is 0 Å². The smallest absolute Gasteiger partial charge is 0.270 e. The minimum atomic E-state index is -0.990. The summed E-state index contributed by atoms with van der Waals surface area (Å²) < 4.78 is 27.7. The van der Waals surface area contributed by atoms with Gasteiger partial charge in [0.15, 0.2) is 23.1 Å². The highest BCUT2D eigenvalue weighted by atomic mass is 32.1. The summed E-state index contributed by atoms with van der Waals surface area (Å²) in [7, 11) is 0. The van der Waals surface area contributed by atoms with Crippen molar-refractivity contribution in [1.29, 1.82) is 0 Å². The maximum atomic E-state index is 13.3. The molecule has 0 saturated carbocycles. The number of ketones is 1. The van der Waals surface area contributed by atoms with Crippen molar-refractivity contribution in [2.75, 3.05) is 0 Å². The Labute approximate surface area is 167 Å². The molecule has 0 spiro atoms. The van der Waals surface area contributed by atoms with E-state index in [2.05, 4.69) is 15.4 Å². The number of carbonyl (C=O) groups is 2. The first-order valence-electron chi connectivity index (χ1n) is 8.60. The van der Waals surface area contributed by atoms with Crippen LogP contribution in [0.1, 0.15) is 33.5 Å². The molecular formula is C20H14F2N4O2S. The second-order valence-corrected chi connectivity index (χ2v) is 7.24. The Bertz CT molecular complexity index is 1230. The van der Waals surface area contributed by atoms with Crippen LogP contribution >= 0.6 is 11.3 Å². The number of halogens is 2. The quantitative estimate of drug-likeness (QED) is 0.505. The second-order valence-electron chi connectivity index (χ2n) is 6.29. The average Bonchev–Trinajstić information content (AvgIpc) is 3.36. The van der Waals surface area contributed by atoms with Gasteiger partial charge in [-0.3, -0.25) is 9.59 Å². The number of rotatable bonds is 5. The maximum absolute atomic E-state index is 13.3. The van der Waals surface area contributed by atoms with Crippen LogP contribution < -0.4 is 5.32 Å². The Morgan fingerprint density at radius 3 is 2.66 bits per heavy atom. The van der Waals surface area contributed by atoms with E-state index in [-0.39, 0.29) is 23.7 Å². The van der Waals surface area contributed by atoms with Crippen molar-refractivity contribution in [3.8, 4) is 10.6 Å². The highest BCUT2D eigenvalue weighted by molar-refractivity contribution is 7.13. The minimum Gasteiger partial charge on any atom is -0.347 e. The molecule has 6 nitrogen and oxygen atoms in total. The zero-order valence-electron chi connectivity index (χ0n) is 15.1. The van der Waals surface area contributed by atoms with Crippen molar-refractivity contribution < 1.29 is 18.4 Å². The molecule has 0 saturated heterocycles. The number of hydrogen-bond donors (Lipinski definition) is 1. The lowest BCUT2D eigenvalue weighted by molar-refractivity contribution is 0.0946. The van der Waals surface area contributed by atoms with Gasteiger partial charge in [0, 0.05) is 19.5 Å². The summed E-state index contributed by atoms with van der Waals surface area (Å²) in [6.45, 7) is 1.36. The third-order valence-corrected chi connectivity index (χ3v) is 5.12. The SMILES string of the molecule is CC(=O)c1cc(C(=O)NCc2ccc(F)c(F)c2)nc2cc(-c3cccs3)nn12. The number of aromatic nitrogens is 3. The largest absolute Gasteiger partial charge is 0.347 e. The molecule has 4 aromatic rings. The van der Waals surface area contributed by atoms with Crippen molar-refractivity contribution in [3.05, 3.63) is 76.4 Å². The molecule has 0 aliphatic rings. The first-order valence-corrected chi connectivity index (χ1v) is 9.48. The molecule has 0 bridgehead atoms. The highest BCUT2D eigenvalue weighted by Gasteiger charge is 2.17. The molecule has 3 aromatic heterocycles. The summed E-state index contributed by atoms with van der Waals surface area (Å²) in [4.78, 5) is 29.8. The van der Waals surface area contributed by atoms with Crippen LogP contribution in [0.25, 0.3) is 16.2 Å². The number of thiophene rings is 1. The molecule has 0 fully saturated rings. The van der Waals surface area contributed by atoms with Crippen molar-refractivity contribution in [3.63, 3.8) is 0 Å². The van der Waals surface area contributed by atoms with Crippen LogP contribution in [0.2, 0.25) is 0 Å². The summed E-state index contributed by atoms with van der Waals surface area (Å²) in [5.41, 5.74) is 1.65. The topological polar surface area (TPSA) is 76.4 Å². The summed E-state index contributed by atoms with van der Waals surface area (Å²) in [6, 6.07) is 10.2. The van der Waals surface area contributed by atoms with Gasteiger partial charge in [0.2, 0.25) is 0 Å². The molecule has 3 heterocycles. The Balaban J connectivity index is 1.64. The van der Waals surface area contributed by atoms with Crippen LogP contribution in [0.5, 0.6) is 0 Å². The predicted molar refractivity (Wildman–Crippen MR) is 104 cm³/mol. The van der Waals surface area contributed by atoms with Crippen molar-refractivity contribution >= 4 is 28.7 Å². The molecule has 146 valence electrons. The van der Waals surface area contributed by atoms with Gasteiger partial charge in [-0.05, 0) is 35.2 Å². The van der Waals surface area contributed by atoms with Crippen LogP contribution in [0.15, 0.2) is 47.8 Å². The molecule has 0 atom stereocenters. The third-order valence-electron chi connectivity index (χ3n) is 4.23. The van der Waals surface area contributed by atoms with Crippen LogP contribution in [0.4, 0.5) is 8.78 Å². The molecule has 0 aliphatic heterocycles. The molecule has 0 aliphatic carbocycles.